The maximum atomic E-state index is 13.2. The minimum atomic E-state index is -1.55. The zero-order chi connectivity index (χ0) is 62.8. The van der Waals surface area contributed by atoms with E-state index in [1.807, 2.05) is 0 Å². The molecule has 0 aromatic carbocycles. The number of rotatable bonds is 71. The molecule has 0 aromatic rings. The van der Waals surface area contributed by atoms with Gasteiger partial charge in [-0.1, -0.05) is 392 Å². The fourth-order valence-electron chi connectivity index (χ4n) is 13.2. The van der Waals surface area contributed by atoms with E-state index in [2.05, 4.69) is 31.3 Å². The Hall–Kier alpha value is -1.07. The molecule has 0 saturated carbocycles. The lowest BCUT2D eigenvalue weighted by Gasteiger charge is -2.40. The first-order chi connectivity index (χ1) is 42.8. The number of unbranched alkanes of at least 4 members (excludes halogenated alkanes) is 59. The zero-order valence-corrected chi connectivity index (χ0v) is 58.3. The van der Waals surface area contributed by atoms with Crippen LogP contribution in [0.2, 0.25) is 0 Å². The van der Waals surface area contributed by atoms with Gasteiger partial charge in [-0.05, 0) is 38.5 Å². The van der Waals surface area contributed by atoms with Crippen molar-refractivity contribution in [3.05, 3.63) is 12.2 Å². The average molecular weight is 1230 g/mol. The van der Waals surface area contributed by atoms with Gasteiger partial charge in [0.25, 0.3) is 0 Å². The van der Waals surface area contributed by atoms with E-state index in [4.69, 9.17) is 9.47 Å². The van der Waals surface area contributed by atoms with E-state index in [-0.39, 0.29) is 12.5 Å². The number of nitrogens with one attached hydrogen (secondary N) is 1. The Morgan fingerprint density at radius 2 is 0.644 bits per heavy atom. The quantitative estimate of drug-likeness (QED) is 0.0261. The second-order valence-electron chi connectivity index (χ2n) is 27.9. The third-order valence-corrected chi connectivity index (χ3v) is 19.4. The fraction of sp³-hybridized carbons (Fsp3) is 0.962. The summed E-state index contributed by atoms with van der Waals surface area (Å²) in [5.41, 5.74) is 0. The van der Waals surface area contributed by atoms with E-state index >= 15 is 0 Å². The fourth-order valence-corrected chi connectivity index (χ4v) is 13.2. The number of amides is 1. The molecule has 87 heavy (non-hydrogen) atoms. The van der Waals surface area contributed by atoms with Gasteiger partial charge in [-0.15, -0.1) is 0 Å². The second-order valence-corrected chi connectivity index (χ2v) is 27.9. The Labute approximate surface area is 541 Å². The smallest absolute Gasteiger partial charge is 0.220 e. The van der Waals surface area contributed by atoms with Gasteiger partial charge in [0, 0.05) is 6.42 Å². The van der Waals surface area contributed by atoms with E-state index in [0.29, 0.717) is 12.8 Å². The van der Waals surface area contributed by atoms with Crippen LogP contribution >= 0.6 is 0 Å². The summed E-state index contributed by atoms with van der Waals surface area (Å²) in [4.78, 5) is 13.2. The Morgan fingerprint density at radius 3 is 0.931 bits per heavy atom. The molecule has 1 saturated heterocycles. The monoisotopic (exact) mass is 1230 g/mol. The molecule has 7 atom stereocenters. The van der Waals surface area contributed by atoms with Crippen LogP contribution in [0.4, 0.5) is 0 Å². The molecular weight excluding hydrogens is 1080 g/mol. The molecule has 0 spiro atoms. The number of allylic oxidation sites excluding steroid dienone is 2. The summed E-state index contributed by atoms with van der Waals surface area (Å²) in [5.74, 6) is -0.133. The number of hydrogen-bond donors (Lipinski definition) is 6. The third-order valence-electron chi connectivity index (χ3n) is 19.4. The molecule has 9 heteroatoms. The average Bonchev–Trinajstić information content (AvgIpc) is 3.38. The van der Waals surface area contributed by atoms with Crippen LogP contribution in [0.5, 0.6) is 0 Å². The number of aliphatic hydroxyl groups excluding tert-OH is 5. The van der Waals surface area contributed by atoms with Crippen LogP contribution < -0.4 is 5.32 Å². The van der Waals surface area contributed by atoms with Gasteiger partial charge in [0.15, 0.2) is 6.29 Å². The van der Waals surface area contributed by atoms with Gasteiger partial charge in [0.05, 0.1) is 25.4 Å². The van der Waals surface area contributed by atoms with Crippen LogP contribution in [0.3, 0.4) is 0 Å². The molecule has 0 bridgehead atoms. The van der Waals surface area contributed by atoms with Crippen LogP contribution in [0, 0.1) is 0 Å². The summed E-state index contributed by atoms with van der Waals surface area (Å²) in [6.07, 6.45) is 81.8. The molecule has 0 aliphatic carbocycles. The Bertz CT molecular complexity index is 1380. The standard InChI is InChI=1S/C78H153NO8/c1-3-5-7-9-11-13-15-17-19-21-23-25-27-29-30-31-32-33-34-35-36-37-38-39-40-41-42-44-46-48-50-52-54-56-58-60-62-64-66-68-74(82)79-71(70-86-78-77(85)76(84)75(83)73(69-80)87-78)72(81)67-65-63-61-59-57-55-53-51-49-47-45-43-28-26-24-22-20-18-16-14-12-10-8-6-4-2/h21,23,71-73,75-78,80-81,83-85H,3-20,22,24-70H2,1-2H3,(H,79,82)/b23-21-. The topological polar surface area (TPSA) is 149 Å². The van der Waals surface area contributed by atoms with E-state index < -0.39 is 49.5 Å². The number of carbonyl (C=O) groups excluding carboxylic acids is 1. The van der Waals surface area contributed by atoms with Gasteiger partial charge >= 0.3 is 0 Å². The van der Waals surface area contributed by atoms with Crippen molar-refractivity contribution in [2.75, 3.05) is 13.2 Å². The lowest BCUT2D eigenvalue weighted by atomic mass is 9.99. The first-order valence-corrected chi connectivity index (χ1v) is 39.4. The predicted octanol–water partition coefficient (Wildman–Crippen LogP) is 22.2. The third kappa shape index (κ3) is 56.2. The van der Waals surface area contributed by atoms with Crippen molar-refractivity contribution in [1.29, 1.82) is 0 Å². The van der Waals surface area contributed by atoms with Crippen molar-refractivity contribution in [1.82, 2.24) is 5.32 Å². The molecule has 9 nitrogen and oxygen atoms in total. The summed E-state index contributed by atoms with van der Waals surface area (Å²) >= 11 is 0. The van der Waals surface area contributed by atoms with E-state index in [1.165, 1.54) is 360 Å². The Balaban J connectivity index is 2.02. The van der Waals surface area contributed by atoms with Gasteiger partial charge in [-0.25, -0.2) is 0 Å². The van der Waals surface area contributed by atoms with E-state index in [9.17, 15) is 30.3 Å². The summed E-state index contributed by atoms with van der Waals surface area (Å²) in [6.45, 7) is 3.91. The van der Waals surface area contributed by atoms with Crippen LogP contribution in [-0.2, 0) is 14.3 Å². The number of hydrogen-bond acceptors (Lipinski definition) is 8. The lowest BCUT2D eigenvalue weighted by Crippen LogP contribution is -2.60. The zero-order valence-electron chi connectivity index (χ0n) is 58.3. The number of aliphatic hydroxyl groups is 5. The van der Waals surface area contributed by atoms with E-state index in [0.717, 1.165) is 38.5 Å². The molecule has 6 N–H and O–H groups in total. The maximum Gasteiger partial charge on any atom is 0.220 e. The minimum absolute atomic E-state index is 0.131. The van der Waals surface area contributed by atoms with Crippen molar-refractivity contribution in [3.63, 3.8) is 0 Å². The molecule has 1 rings (SSSR count). The van der Waals surface area contributed by atoms with Crippen LogP contribution in [-0.4, -0.2) is 87.5 Å². The molecule has 0 radical (unpaired) electrons. The highest BCUT2D eigenvalue weighted by molar-refractivity contribution is 5.76. The first kappa shape index (κ1) is 83.9. The molecule has 1 fully saturated rings. The summed E-state index contributed by atoms with van der Waals surface area (Å²) in [6, 6.07) is -0.717. The van der Waals surface area contributed by atoms with Gasteiger partial charge in [0.1, 0.15) is 24.4 Å². The highest BCUT2D eigenvalue weighted by Gasteiger charge is 2.44. The van der Waals surface area contributed by atoms with Crippen molar-refractivity contribution in [3.8, 4) is 0 Å². The molecule has 1 aliphatic rings. The summed E-state index contributed by atoms with van der Waals surface area (Å²) in [5, 5.41) is 55.0. The Kier molecular flexibility index (Phi) is 65.4. The molecular formula is C78H153NO8. The second kappa shape index (κ2) is 67.8. The Morgan fingerprint density at radius 1 is 0.379 bits per heavy atom. The highest BCUT2D eigenvalue weighted by Crippen LogP contribution is 2.24. The van der Waals surface area contributed by atoms with Crippen molar-refractivity contribution >= 4 is 5.91 Å². The number of carbonyl (C=O) groups is 1. The largest absolute Gasteiger partial charge is 0.394 e. The molecule has 1 heterocycles. The van der Waals surface area contributed by atoms with Crippen LogP contribution in [0.15, 0.2) is 12.2 Å². The molecule has 0 aromatic heterocycles. The van der Waals surface area contributed by atoms with Crippen molar-refractivity contribution in [2.45, 2.75) is 468 Å². The van der Waals surface area contributed by atoms with Crippen molar-refractivity contribution < 1.29 is 39.8 Å². The lowest BCUT2D eigenvalue weighted by molar-refractivity contribution is -0.302. The first-order valence-electron chi connectivity index (χ1n) is 39.4. The SMILES string of the molecule is CCCCCCCCCC/C=C\CCCCCCCCCCCCCCCCCCCCCCCCCCCCCC(=O)NC(COC1OC(CO)C(O)C(O)C1O)C(O)CCCCCCCCCCCCCCCCCCCCCCCCCCC. The molecule has 1 aliphatic heterocycles. The van der Waals surface area contributed by atoms with Gasteiger partial charge in [-0.2, -0.15) is 0 Å². The highest BCUT2D eigenvalue weighted by atomic mass is 16.7. The minimum Gasteiger partial charge on any atom is -0.394 e. The van der Waals surface area contributed by atoms with Crippen molar-refractivity contribution in [2.24, 2.45) is 0 Å². The molecule has 518 valence electrons. The van der Waals surface area contributed by atoms with Gasteiger partial charge < -0.3 is 40.3 Å². The van der Waals surface area contributed by atoms with E-state index in [1.54, 1.807) is 0 Å². The van der Waals surface area contributed by atoms with Crippen LogP contribution in [0.1, 0.15) is 425 Å². The van der Waals surface area contributed by atoms with Gasteiger partial charge in [0.2, 0.25) is 5.91 Å². The van der Waals surface area contributed by atoms with Gasteiger partial charge in [-0.3, -0.25) is 4.79 Å². The van der Waals surface area contributed by atoms with Crippen LogP contribution in [0.25, 0.3) is 0 Å². The summed E-state index contributed by atoms with van der Waals surface area (Å²) in [7, 11) is 0. The molecule has 7 unspecified atom stereocenters. The number of ether oxygens (including phenoxy) is 2. The summed E-state index contributed by atoms with van der Waals surface area (Å²) < 4.78 is 11.4. The normalized spacial score (nSPS) is 17.9. The maximum absolute atomic E-state index is 13.2. The molecule has 1 amide bonds. The predicted molar refractivity (Wildman–Crippen MR) is 374 cm³/mol.